The van der Waals surface area contributed by atoms with E-state index in [1.54, 1.807) is 36.7 Å². The number of aromatic nitrogens is 6. The molecule has 184 valence electrons. The van der Waals surface area contributed by atoms with Gasteiger partial charge in [-0.3, -0.25) is 0 Å². The summed E-state index contributed by atoms with van der Waals surface area (Å²) in [6.45, 7) is 1.90. The molecule has 36 heavy (non-hydrogen) atoms. The van der Waals surface area contributed by atoms with E-state index in [0.29, 0.717) is 11.3 Å². The van der Waals surface area contributed by atoms with Crippen LogP contribution in [0.15, 0.2) is 66.3 Å². The number of aromatic amines is 1. The molecule has 1 N–H and O–H groups in total. The molecule has 4 aromatic heterocycles. The van der Waals surface area contributed by atoms with Crippen LogP contribution >= 0.6 is 11.6 Å². The molecular weight excluding hydrogens is 496 g/mol. The zero-order valence-corrected chi connectivity index (χ0v) is 21.2. The third kappa shape index (κ3) is 3.96. The largest absolute Gasteiger partial charge is 0.346 e. The van der Waals surface area contributed by atoms with E-state index >= 15 is 0 Å². The van der Waals surface area contributed by atoms with Gasteiger partial charge in [0.2, 0.25) is 0 Å². The Kier molecular flexibility index (Phi) is 5.76. The van der Waals surface area contributed by atoms with Crippen molar-refractivity contribution >= 4 is 43.7 Å². The van der Waals surface area contributed by atoms with Crippen LogP contribution in [0.4, 0.5) is 0 Å². The van der Waals surface area contributed by atoms with Gasteiger partial charge in [0.25, 0.3) is 10.0 Å². The van der Waals surface area contributed by atoms with E-state index in [0.717, 1.165) is 27.0 Å². The molecule has 1 aromatic carbocycles. The fourth-order valence-corrected chi connectivity index (χ4v) is 7.18. The molecular formula is C26H25ClN6O2S. The molecule has 8 nitrogen and oxygen atoms in total. The molecule has 0 aliphatic heterocycles. The smallest absolute Gasteiger partial charge is 0.269 e. The molecule has 10 heteroatoms. The average molecular weight is 521 g/mol. The number of aryl methyl sites for hydroxylation is 1. The summed E-state index contributed by atoms with van der Waals surface area (Å²) in [7, 11) is -3.69. The Hall–Kier alpha value is -3.30. The number of nitrogens with zero attached hydrogens (tertiary/aromatic N) is 5. The summed E-state index contributed by atoms with van der Waals surface area (Å²) in [4.78, 5) is 20.0. The van der Waals surface area contributed by atoms with E-state index in [1.807, 2.05) is 13.1 Å². The highest BCUT2D eigenvalue weighted by Gasteiger charge is 2.41. The monoisotopic (exact) mass is 520 g/mol. The van der Waals surface area contributed by atoms with Crippen molar-refractivity contribution in [2.75, 3.05) is 0 Å². The van der Waals surface area contributed by atoms with Crippen molar-refractivity contribution in [2.45, 2.75) is 43.4 Å². The topological polar surface area (TPSA) is 106 Å². The first-order valence-electron chi connectivity index (χ1n) is 12.0. The van der Waals surface area contributed by atoms with Crippen molar-refractivity contribution < 1.29 is 8.42 Å². The second-order valence-corrected chi connectivity index (χ2v) is 11.8. The highest BCUT2D eigenvalue weighted by Crippen LogP contribution is 2.53. The number of fused-ring (bicyclic) bond motifs is 4. The van der Waals surface area contributed by atoms with Crippen molar-refractivity contribution in [3.8, 4) is 0 Å². The lowest BCUT2D eigenvalue weighted by atomic mass is 9.85. The Balaban J connectivity index is 0.000000136. The minimum absolute atomic E-state index is 0.204. The Morgan fingerprint density at radius 1 is 0.944 bits per heavy atom. The molecule has 0 radical (unpaired) electrons. The van der Waals surface area contributed by atoms with E-state index in [2.05, 4.69) is 31.0 Å². The van der Waals surface area contributed by atoms with Gasteiger partial charge in [0.05, 0.1) is 16.0 Å². The van der Waals surface area contributed by atoms with Crippen LogP contribution in [0.25, 0.3) is 22.1 Å². The summed E-state index contributed by atoms with van der Waals surface area (Å²) in [5.74, 6) is 2.55. The highest BCUT2D eigenvalue weighted by atomic mass is 35.5. The predicted octanol–water partition coefficient (Wildman–Crippen LogP) is 5.49. The van der Waals surface area contributed by atoms with Gasteiger partial charge in [-0.2, -0.15) is 0 Å². The minimum Gasteiger partial charge on any atom is -0.346 e. The van der Waals surface area contributed by atoms with Crippen molar-refractivity contribution in [3.63, 3.8) is 0 Å². The molecule has 2 aliphatic carbocycles. The van der Waals surface area contributed by atoms with Crippen LogP contribution in [-0.2, 0) is 10.0 Å². The van der Waals surface area contributed by atoms with Crippen molar-refractivity contribution in [2.24, 2.45) is 11.8 Å². The van der Waals surface area contributed by atoms with Crippen LogP contribution < -0.4 is 0 Å². The molecule has 2 aliphatic rings. The van der Waals surface area contributed by atoms with Crippen LogP contribution in [0, 0.1) is 18.8 Å². The molecule has 3 atom stereocenters. The van der Waals surface area contributed by atoms with E-state index in [-0.39, 0.29) is 15.7 Å². The summed E-state index contributed by atoms with van der Waals surface area (Å²) >= 11 is 5.93. The van der Waals surface area contributed by atoms with Gasteiger partial charge in [0.1, 0.15) is 23.5 Å². The number of benzene rings is 1. The first kappa shape index (κ1) is 23.1. The molecule has 0 saturated heterocycles. The lowest BCUT2D eigenvalue weighted by molar-refractivity contribution is 0.415. The first-order valence-corrected chi connectivity index (χ1v) is 13.8. The van der Waals surface area contributed by atoms with Gasteiger partial charge in [-0.1, -0.05) is 35.7 Å². The van der Waals surface area contributed by atoms with Crippen LogP contribution in [0.1, 0.15) is 42.9 Å². The highest BCUT2D eigenvalue weighted by molar-refractivity contribution is 7.90. The summed E-state index contributed by atoms with van der Waals surface area (Å²) in [6, 6.07) is 10.3. The normalized spacial score (nSPS) is 21.1. The summed E-state index contributed by atoms with van der Waals surface area (Å²) in [6.07, 6.45) is 12.0. The molecule has 2 saturated carbocycles. The number of H-pyrrole nitrogens is 1. The standard InChI is InChI=1S/C13H10ClN3O2S.C13H15N3/c1-9-2-4-10(5-3-9)20(18,19)17-7-6-11-12(14)15-8-16-13(11)17;1-2-9-5-8(1)6-11(9)12-10-3-4-14-13(10)16-7-15-12/h2-8H,1H3;3-4,7-9,11H,1-2,5-6H2,(H,14,15,16). The Labute approximate surface area is 213 Å². The number of hydrogen-bond acceptors (Lipinski definition) is 6. The van der Waals surface area contributed by atoms with Gasteiger partial charge < -0.3 is 4.98 Å². The predicted molar refractivity (Wildman–Crippen MR) is 138 cm³/mol. The fraction of sp³-hybridized carbons (Fsp3) is 0.308. The maximum atomic E-state index is 12.6. The number of nitrogens with one attached hydrogen (secondary N) is 1. The number of halogens is 1. The second-order valence-electron chi connectivity index (χ2n) is 9.61. The van der Waals surface area contributed by atoms with E-state index in [9.17, 15) is 8.42 Å². The summed E-state index contributed by atoms with van der Waals surface area (Å²) in [5.41, 5.74) is 3.54. The van der Waals surface area contributed by atoms with Crippen molar-refractivity contribution in [1.29, 1.82) is 0 Å². The Morgan fingerprint density at radius 3 is 2.50 bits per heavy atom. The Morgan fingerprint density at radius 2 is 1.75 bits per heavy atom. The molecule has 4 heterocycles. The van der Waals surface area contributed by atoms with Gasteiger partial charge >= 0.3 is 0 Å². The maximum absolute atomic E-state index is 12.6. The summed E-state index contributed by atoms with van der Waals surface area (Å²) in [5, 5.41) is 1.97. The first-order chi connectivity index (χ1) is 17.4. The third-order valence-corrected chi connectivity index (χ3v) is 9.43. The third-order valence-electron chi connectivity index (χ3n) is 7.45. The second kappa shape index (κ2) is 8.97. The molecule has 2 bridgehead atoms. The number of hydrogen-bond donors (Lipinski definition) is 1. The molecule has 2 fully saturated rings. The lowest BCUT2D eigenvalue weighted by Crippen LogP contribution is -2.12. The van der Waals surface area contributed by atoms with Crippen LogP contribution in [-0.4, -0.2) is 37.3 Å². The van der Waals surface area contributed by atoms with Gasteiger partial charge in [0, 0.05) is 23.7 Å². The Bertz CT molecular complexity index is 1660. The van der Waals surface area contributed by atoms with Gasteiger partial charge in [0.15, 0.2) is 5.65 Å². The SMILES string of the molecule is Cc1ccc(S(=O)(=O)n2ccc3c(Cl)ncnc32)cc1.c1nc(C2CC3CCC2C3)c2cc[nH]c2n1. The van der Waals surface area contributed by atoms with Gasteiger partial charge in [-0.25, -0.2) is 32.3 Å². The average Bonchev–Trinajstić information content (AvgIpc) is 3.68. The van der Waals surface area contributed by atoms with E-state index < -0.39 is 10.0 Å². The quantitative estimate of drug-likeness (QED) is 0.315. The van der Waals surface area contributed by atoms with Crippen molar-refractivity contribution in [1.82, 2.24) is 28.9 Å². The molecule has 3 unspecified atom stereocenters. The lowest BCUT2D eigenvalue weighted by Gasteiger charge is -2.21. The minimum atomic E-state index is -3.69. The zero-order valence-electron chi connectivity index (χ0n) is 19.7. The van der Waals surface area contributed by atoms with E-state index in [1.165, 1.54) is 49.3 Å². The van der Waals surface area contributed by atoms with Gasteiger partial charge in [-0.15, -0.1) is 0 Å². The fourth-order valence-electron chi connectivity index (χ4n) is 5.68. The van der Waals surface area contributed by atoms with Gasteiger partial charge in [-0.05, 0) is 62.3 Å². The van der Waals surface area contributed by atoms with Crippen LogP contribution in [0.2, 0.25) is 5.15 Å². The number of rotatable bonds is 3. The van der Waals surface area contributed by atoms with Crippen LogP contribution in [0.5, 0.6) is 0 Å². The molecule has 0 amide bonds. The zero-order chi connectivity index (χ0) is 24.9. The van der Waals surface area contributed by atoms with E-state index in [4.69, 9.17) is 11.6 Å². The van der Waals surface area contributed by atoms with Crippen molar-refractivity contribution in [3.05, 3.63) is 77.9 Å². The van der Waals surface area contributed by atoms with Crippen LogP contribution in [0.3, 0.4) is 0 Å². The maximum Gasteiger partial charge on any atom is 0.269 e. The summed E-state index contributed by atoms with van der Waals surface area (Å²) < 4.78 is 26.3. The molecule has 0 spiro atoms. The molecule has 5 aromatic rings. The molecule has 7 rings (SSSR count).